The molecule has 6 nitrogen and oxygen atoms in total. The first-order chi connectivity index (χ1) is 15.7. The number of nitrogens with one attached hydrogen (secondary N) is 3. The Kier molecular flexibility index (Phi) is 8.43. The van der Waals surface area contributed by atoms with E-state index < -0.39 is 35.5 Å². The molecular weight excluding hydrogens is 448 g/mol. The summed E-state index contributed by atoms with van der Waals surface area (Å²) in [4.78, 5) is 38.4. The summed E-state index contributed by atoms with van der Waals surface area (Å²) >= 11 is 1.57. The van der Waals surface area contributed by atoms with Crippen molar-refractivity contribution in [1.29, 1.82) is 0 Å². The van der Waals surface area contributed by atoms with Gasteiger partial charge in [0.05, 0.1) is 11.7 Å². The Bertz CT molecular complexity index is 983. The fourth-order valence-corrected chi connectivity index (χ4v) is 4.88. The molecule has 3 rings (SSSR count). The fraction of sp³-hybridized carbons (Fsp3) is 0.375. The Labute approximate surface area is 195 Å². The molecule has 0 saturated carbocycles. The molecule has 176 valence electrons. The maximum absolute atomic E-state index is 13.4. The average Bonchev–Trinajstić information content (AvgIpc) is 2.93. The van der Waals surface area contributed by atoms with E-state index in [0.717, 1.165) is 23.8 Å². The third kappa shape index (κ3) is 6.77. The topological polar surface area (TPSA) is 87.3 Å². The second kappa shape index (κ2) is 11.3. The maximum Gasteiger partial charge on any atom is 0.244 e. The molecule has 3 atom stereocenters. The van der Waals surface area contributed by atoms with E-state index >= 15 is 0 Å². The highest BCUT2D eigenvalue weighted by molar-refractivity contribution is 7.99. The van der Waals surface area contributed by atoms with Crippen LogP contribution >= 0.6 is 11.8 Å². The third-order valence-corrected chi connectivity index (χ3v) is 6.61. The summed E-state index contributed by atoms with van der Waals surface area (Å²) in [6, 6.07) is 10.6. The molecule has 0 radical (unpaired) electrons. The minimum absolute atomic E-state index is 0.164. The van der Waals surface area contributed by atoms with E-state index in [4.69, 9.17) is 0 Å². The molecule has 1 aliphatic rings. The molecule has 0 aromatic heterocycles. The third-order valence-electron chi connectivity index (χ3n) is 5.26. The van der Waals surface area contributed by atoms with Crippen LogP contribution in [0, 0.1) is 17.6 Å². The predicted molar refractivity (Wildman–Crippen MR) is 123 cm³/mol. The predicted octanol–water partition coefficient (Wildman–Crippen LogP) is 2.74. The van der Waals surface area contributed by atoms with Crippen molar-refractivity contribution < 1.29 is 23.2 Å². The SMILES string of the molecule is CC(C)[C@H](NC(=O)Cc1cc(F)cc(F)c1)C(=O)N[C@@H]1C(=O)NCCS[C@@H]1c1ccccc1. The smallest absolute Gasteiger partial charge is 0.244 e. The number of amides is 3. The summed E-state index contributed by atoms with van der Waals surface area (Å²) in [7, 11) is 0. The van der Waals surface area contributed by atoms with Gasteiger partial charge < -0.3 is 16.0 Å². The zero-order chi connectivity index (χ0) is 24.0. The lowest BCUT2D eigenvalue weighted by atomic mass is 10.00. The van der Waals surface area contributed by atoms with Gasteiger partial charge in [-0.05, 0) is 29.2 Å². The first-order valence-electron chi connectivity index (χ1n) is 10.7. The largest absolute Gasteiger partial charge is 0.353 e. The molecular formula is C24H27F2N3O3S. The number of halogens is 2. The number of hydrogen-bond donors (Lipinski definition) is 3. The van der Waals surface area contributed by atoms with Gasteiger partial charge in [0.1, 0.15) is 23.7 Å². The van der Waals surface area contributed by atoms with Crippen molar-refractivity contribution in [2.24, 2.45) is 5.92 Å². The number of carbonyl (C=O) groups excluding carboxylic acids is 3. The summed E-state index contributed by atoms with van der Waals surface area (Å²) in [6.45, 7) is 4.03. The molecule has 0 bridgehead atoms. The Balaban J connectivity index is 1.73. The van der Waals surface area contributed by atoms with Crippen LogP contribution in [-0.4, -0.2) is 42.1 Å². The van der Waals surface area contributed by atoms with Crippen LogP contribution in [-0.2, 0) is 20.8 Å². The summed E-state index contributed by atoms with van der Waals surface area (Å²) in [6.07, 6.45) is -0.280. The van der Waals surface area contributed by atoms with Gasteiger partial charge in [-0.2, -0.15) is 0 Å². The van der Waals surface area contributed by atoms with Crippen molar-refractivity contribution in [1.82, 2.24) is 16.0 Å². The van der Waals surface area contributed by atoms with Gasteiger partial charge in [0.2, 0.25) is 17.7 Å². The van der Waals surface area contributed by atoms with Gasteiger partial charge in [0.15, 0.2) is 0 Å². The van der Waals surface area contributed by atoms with Crippen molar-refractivity contribution in [3.05, 3.63) is 71.3 Å². The second-order valence-corrected chi connectivity index (χ2v) is 9.47. The Morgan fingerprint density at radius 3 is 2.42 bits per heavy atom. The van der Waals surface area contributed by atoms with Gasteiger partial charge in [0, 0.05) is 18.4 Å². The average molecular weight is 476 g/mol. The highest BCUT2D eigenvalue weighted by Crippen LogP contribution is 2.33. The number of rotatable bonds is 7. The zero-order valence-corrected chi connectivity index (χ0v) is 19.3. The number of carbonyl (C=O) groups is 3. The molecule has 1 fully saturated rings. The van der Waals surface area contributed by atoms with Crippen molar-refractivity contribution in [2.45, 2.75) is 37.6 Å². The summed E-state index contributed by atoms with van der Waals surface area (Å²) < 4.78 is 26.9. The van der Waals surface area contributed by atoms with Gasteiger partial charge in [-0.25, -0.2) is 8.78 Å². The lowest BCUT2D eigenvalue weighted by molar-refractivity contribution is -0.132. The van der Waals surface area contributed by atoms with Crippen molar-refractivity contribution in [2.75, 3.05) is 12.3 Å². The van der Waals surface area contributed by atoms with Crippen molar-refractivity contribution >= 4 is 29.5 Å². The number of benzene rings is 2. The minimum Gasteiger partial charge on any atom is -0.353 e. The molecule has 0 spiro atoms. The van der Waals surface area contributed by atoms with Gasteiger partial charge in [-0.1, -0.05) is 44.2 Å². The van der Waals surface area contributed by atoms with Gasteiger partial charge in [0.25, 0.3) is 0 Å². The molecule has 0 unspecified atom stereocenters. The Morgan fingerprint density at radius 1 is 1.12 bits per heavy atom. The lowest BCUT2D eigenvalue weighted by Gasteiger charge is -2.28. The van der Waals surface area contributed by atoms with Crippen molar-refractivity contribution in [3.8, 4) is 0 Å². The van der Waals surface area contributed by atoms with Crippen LogP contribution in [0.5, 0.6) is 0 Å². The van der Waals surface area contributed by atoms with Gasteiger partial charge in [-0.15, -0.1) is 11.8 Å². The van der Waals surface area contributed by atoms with Crippen LogP contribution < -0.4 is 16.0 Å². The molecule has 9 heteroatoms. The minimum atomic E-state index is -0.923. The number of hydrogen-bond acceptors (Lipinski definition) is 4. The van der Waals surface area contributed by atoms with E-state index in [0.29, 0.717) is 12.3 Å². The Morgan fingerprint density at radius 2 is 1.79 bits per heavy atom. The van der Waals surface area contributed by atoms with Gasteiger partial charge in [-0.3, -0.25) is 14.4 Å². The lowest BCUT2D eigenvalue weighted by Crippen LogP contribution is -2.56. The summed E-state index contributed by atoms with van der Waals surface area (Å²) in [5, 5.41) is 8.00. The van der Waals surface area contributed by atoms with Crippen LogP contribution in [0.3, 0.4) is 0 Å². The first-order valence-corrected chi connectivity index (χ1v) is 11.8. The monoisotopic (exact) mass is 475 g/mol. The Hall–Kier alpha value is -2.94. The second-order valence-electron chi connectivity index (χ2n) is 8.22. The highest BCUT2D eigenvalue weighted by Gasteiger charge is 2.36. The quantitative estimate of drug-likeness (QED) is 0.575. The van der Waals surface area contributed by atoms with E-state index in [2.05, 4.69) is 16.0 Å². The molecule has 1 aliphatic heterocycles. The first kappa shape index (κ1) is 24.7. The van der Waals surface area contributed by atoms with Crippen LogP contribution in [0.25, 0.3) is 0 Å². The standard InChI is InChI=1S/C24H27F2N3O3S/c1-14(2)20(28-19(30)12-15-10-17(25)13-18(26)11-15)24(32)29-21-22(16-6-4-3-5-7-16)33-9-8-27-23(21)31/h3-7,10-11,13-14,20-22H,8-9,12H2,1-2H3,(H,27,31)(H,28,30)(H,29,32)/t20-,21-,22+/m0/s1. The van der Waals surface area contributed by atoms with E-state index in [-0.39, 0.29) is 29.1 Å². The maximum atomic E-state index is 13.4. The van der Waals surface area contributed by atoms with E-state index in [1.807, 2.05) is 30.3 Å². The van der Waals surface area contributed by atoms with Crippen LogP contribution in [0.1, 0.15) is 30.2 Å². The fourth-order valence-electron chi connectivity index (χ4n) is 3.68. The summed E-state index contributed by atoms with van der Waals surface area (Å²) in [5.41, 5.74) is 1.08. The summed E-state index contributed by atoms with van der Waals surface area (Å²) in [5.74, 6) is -2.46. The zero-order valence-electron chi connectivity index (χ0n) is 18.4. The molecule has 1 heterocycles. The van der Waals surface area contributed by atoms with Crippen LogP contribution in [0.15, 0.2) is 48.5 Å². The van der Waals surface area contributed by atoms with Crippen molar-refractivity contribution in [3.63, 3.8) is 0 Å². The number of thioether (sulfide) groups is 1. The van der Waals surface area contributed by atoms with E-state index in [1.165, 1.54) is 0 Å². The normalized spacial score (nSPS) is 19.4. The molecule has 33 heavy (non-hydrogen) atoms. The molecule has 2 aromatic carbocycles. The molecule has 2 aromatic rings. The van der Waals surface area contributed by atoms with E-state index in [1.54, 1.807) is 25.6 Å². The van der Waals surface area contributed by atoms with E-state index in [9.17, 15) is 23.2 Å². The highest BCUT2D eigenvalue weighted by atomic mass is 32.2. The molecule has 3 amide bonds. The molecule has 1 saturated heterocycles. The van der Waals surface area contributed by atoms with Crippen LogP contribution in [0.2, 0.25) is 0 Å². The molecule has 0 aliphatic carbocycles. The van der Waals surface area contributed by atoms with Gasteiger partial charge >= 0.3 is 0 Å². The molecule has 3 N–H and O–H groups in total. The van der Waals surface area contributed by atoms with Crippen LogP contribution in [0.4, 0.5) is 8.78 Å².